The molecule has 2 atom stereocenters. The van der Waals surface area contributed by atoms with Gasteiger partial charge in [-0.15, -0.1) is 11.3 Å². The van der Waals surface area contributed by atoms with Gasteiger partial charge >= 0.3 is 0 Å². The summed E-state index contributed by atoms with van der Waals surface area (Å²) in [7, 11) is 1.74. The van der Waals surface area contributed by atoms with Crippen molar-refractivity contribution in [3.63, 3.8) is 0 Å². The number of benzene rings is 2. The van der Waals surface area contributed by atoms with E-state index in [0.717, 1.165) is 47.5 Å². The zero-order chi connectivity index (χ0) is 23.9. The number of aliphatic hydroxyl groups is 1. The molecule has 0 amide bonds. The summed E-state index contributed by atoms with van der Waals surface area (Å²) in [5.41, 5.74) is 2.17. The van der Waals surface area contributed by atoms with E-state index in [1.54, 1.807) is 7.11 Å². The minimum Gasteiger partial charge on any atom is -0.496 e. The number of fused-ring (bicyclic) bond motifs is 2. The fourth-order valence-corrected chi connectivity index (χ4v) is 6.56. The number of aromatic nitrogens is 1. The van der Waals surface area contributed by atoms with Crippen LogP contribution in [0.25, 0.3) is 21.0 Å². The molecule has 0 saturated carbocycles. The number of nitrogens with zero attached hydrogens (tertiary/aromatic N) is 1. The predicted molar refractivity (Wildman–Crippen MR) is 141 cm³/mol. The van der Waals surface area contributed by atoms with Crippen LogP contribution in [0.1, 0.15) is 43.2 Å². The predicted octanol–water partition coefficient (Wildman–Crippen LogP) is 6.10. The van der Waals surface area contributed by atoms with Crippen molar-refractivity contribution >= 4 is 32.3 Å². The van der Waals surface area contributed by atoms with Crippen molar-refractivity contribution in [1.82, 2.24) is 9.88 Å². The zero-order valence-corrected chi connectivity index (χ0v) is 21.2. The summed E-state index contributed by atoms with van der Waals surface area (Å²) in [6.45, 7) is 8.50. The number of piperidine rings is 1. The minimum absolute atomic E-state index is 0.00191. The number of methoxy groups -OCH3 is 1. The number of ether oxygens (including phenoxy) is 2. The van der Waals surface area contributed by atoms with E-state index in [1.807, 2.05) is 42.5 Å². The van der Waals surface area contributed by atoms with Crippen molar-refractivity contribution < 1.29 is 14.6 Å². The summed E-state index contributed by atoms with van der Waals surface area (Å²) in [6.07, 6.45) is 1.62. The molecule has 3 heterocycles. The molecule has 1 saturated heterocycles. The Bertz CT molecular complexity index is 1290. The highest BCUT2D eigenvalue weighted by Crippen LogP contribution is 2.43. The number of β-amino-alcohol motifs (C(OH)–C–C–N with tert-alkyl or cyclic N) is 1. The Morgan fingerprint density at radius 1 is 1.15 bits per heavy atom. The van der Waals surface area contributed by atoms with Crippen LogP contribution in [0.15, 0.2) is 48.5 Å². The third-order valence-corrected chi connectivity index (χ3v) is 8.40. The average molecular weight is 479 g/mol. The Kier molecular flexibility index (Phi) is 6.32. The van der Waals surface area contributed by atoms with Gasteiger partial charge in [0, 0.05) is 43.6 Å². The molecule has 6 heteroatoms. The summed E-state index contributed by atoms with van der Waals surface area (Å²) in [4.78, 5) is 7.20. The van der Waals surface area contributed by atoms with E-state index in [-0.39, 0.29) is 12.1 Å². The van der Waals surface area contributed by atoms with Crippen LogP contribution in [0.5, 0.6) is 11.5 Å². The maximum absolute atomic E-state index is 10.8. The monoisotopic (exact) mass is 478 g/mol. The Balaban J connectivity index is 1.22. The summed E-state index contributed by atoms with van der Waals surface area (Å²) < 4.78 is 12.9. The van der Waals surface area contributed by atoms with E-state index >= 15 is 0 Å². The Morgan fingerprint density at radius 2 is 1.94 bits per heavy atom. The van der Waals surface area contributed by atoms with Gasteiger partial charge in [0.05, 0.1) is 7.11 Å². The molecule has 2 aromatic heterocycles. The summed E-state index contributed by atoms with van der Waals surface area (Å²) in [5.74, 6) is 2.29. The van der Waals surface area contributed by atoms with Crippen LogP contribution >= 0.6 is 11.3 Å². The second kappa shape index (κ2) is 9.25. The van der Waals surface area contributed by atoms with Crippen molar-refractivity contribution in [2.75, 3.05) is 26.8 Å². The van der Waals surface area contributed by atoms with Crippen molar-refractivity contribution in [2.24, 2.45) is 0 Å². The summed E-state index contributed by atoms with van der Waals surface area (Å²) >= 11 is 1.89. The highest BCUT2D eigenvalue weighted by molar-refractivity contribution is 7.19. The molecule has 0 spiro atoms. The fourth-order valence-electron chi connectivity index (χ4n) is 5.35. The molecule has 4 aromatic rings. The molecule has 1 aliphatic rings. The first-order chi connectivity index (χ1) is 16.3. The molecule has 2 unspecified atom stereocenters. The highest BCUT2D eigenvalue weighted by Gasteiger charge is 2.36. The molecule has 2 N–H and O–H groups in total. The second-order valence-electron chi connectivity index (χ2n) is 10.1. The number of aliphatic hydroxyl groups excluding tert-OH is 1. The Hall–Kier alpha value is -2.54. The lowest BCUT2D eigenvalue weighted by molar-refractivity contribution is 0.00396. The zero-order valence-electron chi connectivity index (χ0n) is 20.4. The van der Waals surface area contributed by atoms with E-state index in [9.17, 15) is 5.11 Å². The van der Waals surface area contributed by atoms with Gasteiger partial charge in [-0.3, -0.25) is 4.90 Å². The smallest absolute Gasteiger partial charge is 0.128 e. The van der Waals surface area contributed by atoms with E-state index < -0.39 is 6.10 Å². The van der Waals surface area contributed by atoms with Gasteiger partial charge in [0.1, 0.15) is 24.2 Å². The second-order valence-corrected chi connectivity index (χ2v) is 11.2. The lowest BCUT2D eigenvalue weighted by Gasteiger charge is -2.46. The lowest BCUT2D eigenvalue weighted by Crippen LogP contribution is -2.52. The molecule has 34 heavy (non-hydrogen) atoms. The van der Waals surface area contributed by atoms with Crippen LogP contribution in [-0.4, -0.2) is 53.4 Å². The number of hydrogen-bond acceptors (Lipinski definition) is 5. The number of aryl methyl sites for hydroxylation is 1. The number of rotatable bonds is 7. The summed E-state index contributed by atoms with van der Waals surface area (Å²) in [5, 5.41) is 13.1. The SMILES string of the molecule is COc1cccc2sc(C3CCN(CC(O)COc4cccc5[nH]c(C)cc45)C(C)(C)C3)cc12. The van der Waals surface area contributed by atoms with Gasteiger partial charge in [-0.25, -0.2) is 0 Å². The molecule has 1 aliphatic heterocycles. The lowest BCUT2D eigenvalue weighted by atomic mass is 9.81. The van der Waals surface area contributed by atoms with Gasteiger partial charge in [-0.2, -0.15) is 0 Å². The standard InChI is InChI=1S/C28H34N2O3S/c1-18-13-21-23(29-18)7-5-9-25(21)33-17-20(31)16-30-12-11-19(15-28(30,2)3)27-14-22-24(32-4)8-6-10-26(22)34-27/h5-10,13-14,19-20,29,31H,11-12,15-17H2,1-4H3. The van der Waals surface area contributed by atoms with Crippen molar-refractivity contribution in [3.8, 4) is 11.5 Å². The largest absolute Gasteiger partial charge is 0.496 e. The van der Waals surface area contributed by atoms with Crippen LogP contribution < -0.4 is 9.47 Å². The minimum atomic E-state index is -0.542. The van der Waals surface area contributed by atoms with Crippen molar-refractivity contribution in [2.45, 2.75) is 51.2 Å². The molecule has 0 radical (unpaired) electrons. The van der Waals surface area contributed by atoms with Crippen LogP contribution in [0.2, 0.25) is 0 Å². The first-order valence-electron chi connectivity index (χ1n) is 12.0. The molecule has 5 rings (SSSR count). The van der Waals surface area contributed by atoms with Crippen LogP contribution in [0.4, 0.5) is 0 Å². The highest BCUT2D eigenvalue weighted by atomic mass is 32.1. The number of thiophene rings is 1. The molecule has 0 bridgehead atoms. The van der Waals surface area contributed by atoms with E-state index in [1.165, 1.54) is 15.0 Å². The van der Waals surface area contributed by atoms with Crippen LogP contribution in [0, 0.1) is 6.92 Å². The molecule has 2 aromatic carbocycles. The van der Waals surface area contributed by atoms with Crippen LogP contribution in [0.3, 0.4) is 0 Å². The number of likely N-dealkylation sites (tertiary alicyclic amines) is 1. The number of H-pyrrole nitrogens is 1. The van der Waals surface area contributed by atoms with Gasteiger partial charge in [0.25, 0.3) is 0 Å². The average Bonchev–Trinajstić information content (AvgIpc) is 3.41. The summed E-state index contributed by atoms with van der Waals surface area (Å²) in [6, 6.07) is 16.7. The van der Waals surface area contributed by atoms with E-state index in [0.29, 0.717) is 12.5 Å². The topological polar surface area (TPSA) is 57.7 Å². The van der Waals surface area contributed by atoms with Crippen LogP contribution in [-0.2, 0) is 0 Å². The normalized spacial score (nSPS) is 19.5. The van der Waals surface area contributed by atoms with Crippen molar-refractivity contribution in [1.29, 1.82) is 0 Å². The third-order valence-electron chi connectivity index (χ3n) is 7.13. The number of hydrogen-bond donors (Lipinski definition) is 2. The Morgan fingerprint density at radius 3 is 2.74 bits per heavy atom. The Labute approximate surface area is 205 Å². The number of aromatic amines is 1. The molecule has 1 fully saturated rings. The van der Waals surface area contributed by atoms with Gasteiger partial charge in [-0.05, 0) is 82.5 Å². The third kappa shape index (κ3) is 4.54. The molecule has 5 nitrogen and oxygen atoms in total. The van der Waals surface area contributed by atoms with Gasteiger partial charge in [-0.1, -0.05) is 12.1 Å². The van der Waals surface area contributed by atoms with Gasteiger partial charge in [0.2, 0.25) is 0 Å². The molecular formula is C28H34N2O3S. The van der Waals surface area contributed by atoms with E-state index in [4.69, 9.17) is 9.47 Å². The maximum Gasteiger partial charge on any atom is 0.128 e. The van der Waals surface area contributed by atoms with E-state index in [2.05, 4.69) is 48.0 Å². The number of nitrogens with one attached hydrogen (secondary N) is 1. The first-order valence-corrected chi connectivity index (χ1v) is 12.9. The molecule has 0 aliphatic carbocycles. The van der Waals surface area contributed by atoms with Gasteiger partial charge in [0.15, 0.2) is 0 Å². The fraction of sp³-hybridized carbons (Fsp3) is 0.429. The quantitative estimate of drug-likeness (QED) is 0.337. The molecule has 180 valence electrons. The molecular weight excluding hydrogens is 444 g/mol. The first kappa shape index (κ1) is 23.2. The van der Waals surface area contributed by atoms with Crippen molar-refractivity contribution in [3.05, 3.63) is 59.1 Å². The maximum atomic E-state index is 10.8. The van der Waals surface area contributed by atoms with Gasteiger partial charge < -0.3 is 19.6 Å².